The number of hydrogen-bond donors (Lipinski definition) is 1. The maximum absolute atomic E-state index is 12.1. The molecule has 0 aliphatic carbocycles. The van der Waals surface area contributed by atoms with Crippen molar-refractivity contribution in [1.29, 1.82) is 0 Å². The second kappa shape index (κ2) is 8.15. The Balaban J connectivity index is 1.55. The molecule has 0 radical (unpaired) electrons. The van der Waals surface area contributed by atoms with Crippen molar-refractivity contribution < 1.29 is 18.7 Å². The molecule has 0 aliphatic heterocycles. The van der Waals surface area contributed by atoms with Crippen molar-refractivity contribution in [2.24, 2.45) is 0 Å². The van der Waals surface area contributed by atoms with E-state index in [0.29, 0.717) is 30.3 Å². The molecule has 2 aromatic heterocycles. The highest BCUT2D eigenvalue weighted by Gasteiger charge is 2.10. The van der Waals surface area contributed by atoms with Gasteiger partial charge in [0, 0.05) is 30.8 Å². The van der Waals surface area contributed by atoms with E-state index in [1.807, 2.05) is 24.3 Å². The van der Waals surface area contributed by atoms with Crippen LogP contribution in [0.25, 0.3) is 11.5 Å². The molecule has 3 aromatic rings. The fraction of sp³-hybridized carbons (Fsp3) is 0.211. The maximum Gasteiger partial charge on any atom is 0.270 e. The van der Waals surface area contributed by atoms with E-state index in [4.69, 9.17) is 13.9 Å². The SMILES string of the molecule is COc1ccc(-c2nc(CCNC(=O)c3cc(OC)ccn3)co2)cc1. The summed E-state index contributed by atoms with van der Waals surface area (Å²) in [7, 11) is 3.16. The van der Waals surface area contributed by atoms with Crippen LogP contribution in [0.5, 0.6) is 11.5 Å². The molecule has 0 saturated heterocycles. The highest BCUT2D eigenvalue weighted by atomic mass is 16.5. The van der Waals surface area contributed by atoms with E-state index in [-0.39, 0.29) is 5.91 Å². The standard InChI is InChI=1S/C19H19N3O4/c1-24-15-5-3-13(4-6-15)19-22-14(12-26-19)7-9-21-18(23)17-11-16(25-2)8-10-20-17/h3-6,8,10-12H,7,9H2,1-2H3,(H,21,23). The number of ether oxygens (including phenoxy) is 2. The van der Waals surface area contributed by atoms with Gasteiger partial charge in [0.25, 0.3) is 5.91 Å². The third kappa shape index (κ3) is 4.18. The summed E-state index contributed by atoms with van der Waals surface area (Å²) in [5.41, 5.74) is 1.93. The number of pyridine rings is 1. The molecule has 0 spiro atoms. The Morgan fingerprint density at radius 1 is 1.12 bits per heavy atom. The number of oxazole rings is 1. The molecule has 1 aromatic carbocycles. The highest BCUT2D eigenvalue weighted by Crippen LogP contribution is 2.21. The van der Waals surface area contributed by atoms with Crippen LogP contribution in [0.3, 0.4) is 0 Å². The number of hydrogen-bond acceptors (Lipinski definition) is 6. The molecule has 134 valence electrons. The summed E-state index contributed by atoms with van der Waals surface area (Å²) in [5.74, 6) is 1.63. The van der Waals surface area contributed by atoms with Crippen LogP contribution in [0.2, 0.25) is 0 Å². The quantitative estimate of drug-likeness (QED) is 0.703. The monoisotopic (exact) mass is 353 g/mol. The molecule has 7 heteroatoms. The van der Waals surface area contributed by atoms with Gasteiger partial charge in [-0.3, -0.25) is 9.78 Å². The zero-order valence-corrected chi connectivity index (χ0v) is 14.6. The maximum atomic E-state index is 12.1. The lowest BCUT2D eigenvalue weighted by atomic mass is 10.2. The van der Waals surface area contributed by atoms with Gasteiger partial charge in [-0.15, -0.1) is 0 Å². The van der Waals surface area contributed by atoms with E-state index in [1.54, 1.807) is 32.6 Å². The average molecular weight is 353 g/mol. The molecule has 1 amide bonds. The van der Waals surface area contributed by atoms with E-state index < -0.39 is 0 Å². The number of aromatic nitrogens is 2. The van der Waals surface area contributed by atoms with E-state index in [9.17, 15) is 4.79 Å². The molecule has 0 atom stereocenters. The van der Waals surface area contributed by atoms with Crippen LogP contribution >= 0.6 is 0 Å². The fourth-order valence-electron chi connectivity index (χ4n) is 2.34. The molecule has 26 heavy (non-hydrogen) atoms. The third-order valence-corrected chi connectivity index (χ3v) is 3.76. The molecule has 7 nitrogen and oxygen atoms in total. The number of rotatable bonds is 7. The van der Waals surface area contributed by atoms with Crippen LogP contribution in [0, 0.1) is 0 Å². The minimum atomic E-state index is -0.261. The number of methoxy groups -OCH3 is 2. The predicted molar refractivity (Wildman–Crippen MR) is 95.3 cm³/mol. The molecule has 2 heterocycles. The summed E-state index contributed by atoms with van der Waals surface area (Å²) >= 11 is 0. The van der Waals surface area contributed by atoms with Crippen molar-refractivity contribution in [2.75, 3.05) is 20.8 Å². The first-order chi connectivity index (χ1) is 12.7. The van der Waals surface area contributed by atoms with Gasteiger partial charge >= 0.3 is 0 Å². The van der Waals surface area contributed by atoms with Gasteiger partial charge in [-0.2, -0.15) is 0 Å². The van der Waals surface area contributed by atoms with Crippen molar-refractivity contribution in [3.8, 4) is 23.0 Å². The zero-order valence-electron chi connectivity index (χ0n) is 14.6. The molecule has 0 fully saturated rings. The second-order valence-corrected chi connectivity index (χ2v) is 5.46. The summed E-state index contributed by atoms with van der Waals surface area (Å²) in [6, 6.07) is 10.7. The lowest BCUT2D eigenvalue weighted by molar-refractivity contribution is 0.0948. The van der Waals surface area contributed by atoms with Crippen molar-refractivity contribution in [2.45, 2.75) is 6.42 Å². The Morgan fingerprint density at radius 2 is 1.88 bits per heavy atom. The molecular formula is C19H19N3O4. The average Bonchev–Trinajstić information content (AvgIpc) is 3.17. The smallest absolute Gasteiger partial charge is 0.270 e. The van der Waals surface area contributed by atoms with E-state index >= 15 is 0 Å². The van der Waals surface area contributed by atoms with Crippen LogP contribution in [0.15, 0.2) is 53.3 Å². The number of amides is 1. The molecule has 0 saturated carbocycles. The van der Waals surface area contributed by atoms with Crippen molar-refractivity contribution in [3.05, 3.63) is 60.2 Å². The Hall–Kier alpha value is -3.35. The van der Waals surface area contributed by atoms with Gasteiger partial charge in [0.2, 0.25) is 5.89 Å². The Kier molecular flexibility index (Phi) is 5.48. The number of carbonyl (C=O) groups excluding carboxylic acids is 1. The summed E-state index contributed by atoms with van der Waals surface area (Å²) in [6.07, 6.45) is 3.68. The van der Waals surface area contributed by atoms with Gasteiger partial charge in [0.1, 0.15) is 23.5 Å². The molecule has 0 aliphatic rings. The van der Waals surface area contributed by atoms with Crippen LogP contribution in [-0.2, 0) is 6.42 Å². The molecular weight excluding hydrogens is 334 g/mol. The minimum Gasteiger partial charge on any atom is -0.497 e. The van der Waals surface area contributed by atoms with Gasteiger partial charge in [0.15, 0.2) is 0 Å². The van der Waals surface area contributed by atoms with Gasteiger partial charge in [0.05, 0.1) is 19.9 Å². The fourth-order valence-corrected chi connectivity index (χ4v) is 2.34. The van der Waals surface area contributed by atoms with Crippen LogP contribution < -0.4 is 14.8 Å². The normalized spacial score (nSPS) is 10.4. The lowest BCUT2D eigenvalue weighted by Crippen LogP contribution is -2.26. The van der Waals surface area contributed by atoms with Gasteiger partial charge in [-0.05, 0) is 30.3 Å². The number of benzene rings is 1. The van der Waals surface area contributed by atoms with Gasteiger partial charge in [-0.1, -0.05) is 0 Å². The van der Waals surface area contributed by atoms with Crippen LogP contribution in [-0.4, -0.2) is 36.6 Å². The first-order valence-corrected chi connectivity index (χ1v) is 8.06. The topological polar surface area (TPSA) is 86.5 Å². The van der Waals surface area contributed by atoms with E-state index in [1.165, 1.54) is 6.20 Å². The largest absolute Gasteiger partial charge is 0.497 e. The Labute approximate surface area is 151 Å². The number of nitrogens with one attached hydrogen (secondary N) is 1. The minimum absolute atomic E-state index is 0.261. The van der Waals surface area contributed by atoms with Crippen molar-refractivity contribution in [1.82, 2.24) is 15.3 Å². The zero-order chi connectivity index (χ0) is 18.4. The highest BCUT2D eigenvalue weighted by molar-refractivity contribution is 5.92. The van der Waals surface area contributed by atoms with E-state index in [2.05, 4.69) is 15.3 Å². The van der Waals surface area contributed by atoms with E-state index in [0.717, 1.165) is 17.0 Å². The number of nitrogens with zero attached hydrogens (tertiary/aromatic N) is 2. The molecule has 1 N–H and O–H groups in total. The van der Waals surface area contributed by atoms with Crippen molar-refractivity contribution in [3.63, 3.8) is 0 Å². The molecule has 0 unspecified atom stereocenters. The molecule has 0 bridgehead atoms. The third-order valence-electron chi connectivity index (χ3n) is 3.76. The van der Waals surface area contributed by atoms with Gasteiger partial charge < -0.3 is 19.2 Å². The first-order valence-electron chi connectivity index (χ1n) is 8.06. The summed E-state index contributed by atoms with van der Waals surface area (Å²) in [4.78, 5) is 20.6. The summed E-state index contributed by atoms with van der Waals surface area (Å²) in [5, 5.41) is 2.81. The second-order valence-electron chi connectivity index (χ2n) is 5.46. The summed E-state index contributed by atoms with van der Waals surface area (Å²) < 4.78 is 15.7. The predicted octanol–water partition coefficient (Wildman–Crippen LogP) is 2.73. The summed E-state index contributed by atoms with van der Waals surface area (Å²) in [6.45, 7) is 0.423. The Morgan fingerprint density at radius 3 is 2.62 bits per heavy atom. The lowest BCUT2D eigenvalue weighted by Gasteiger charge is -2.04. The van der Waals surface area contributed by atoms with Crippen LogP contribution in [0.4, 0.5) is 0 Å². The van der Waals surface area contributed by atoms with Crippen molar-refractivity contribution >= 4 is 5.91 Å². The Bertz CT molecular complexity index is 875. The van der Waals surface area contributed by atoms with Gasteiger partial charge in [-0.25, -0.2) is 4.98 Å². The molecule has 3 rings (SSSR count). The first kappa shape index (κ1) is 17.5. The number of carbonyl (C=O) groups is 1. The van der Waals surface area contributed by atoms with Crippen LogP contribution in [0.1, 0.15) is 16.2 Å².